The molecule has 0 fully saturated rings. The van der Waals surface area contributed by atoms with E-state index in [2.05, 4.69) is 4.98 Å². The number of pyridine rings is 1. The molecule has 21 heavy (non-hydrogen) atoms. The van der Waals surface area contributed by atoms with Gasteiger partial charge in [-0.25, -0.2) is 4.79 Å². The summed E-state index contributed by atoms with van der Waals surface area (Å²) in [5.41, 5.74) is 2.64. The predicted octanol–water partition coefficient (Wildman–Crippen LogP) is 2.98. The Hall–Kier alpha value is -2.56. The van der Waals surface area contributed by atoms with Crippen molar-refractivity contribution in [2.75, 3.05) is 7.11 Å². The molecule has 1 heterocycles. The number of carbonyl (C=O) groups is 1. The number of benzene rings is 1. The molecule has 0 aliphatic carbocycles. The van der Waals surface area contributed by atoms with Crippen LogP contribution in [0, 0.1) is 13.8 Å². The standard InChI is InChI=1S/C16H17NO4/c1-10-4-5-12(16(18)19)7-15(10)21-9-13-8-14(20-3)6-11(2)17-13/h4-8H,9H2,1-3H3,(H,18,19). The molecule has 1 aromatic carbocycles. The van der Waals surface area contributed by atoms with Crippen LogP contribution in [0.25, 0.3) is 0 Å². The van der Waals surface area contributed by atoms with E-state index in [1.54, 1.807) is 25.3 Å². The zero-order valence-corrected chi connectivity index (χ0v) is 12.2. The number of carboxylic acids is 1. The van der Waals surface area contributed by atoms with Gasteiger partial charge in [0.15, 0.2) is 0 Å². The predicted molar refractivity (Wildman–Crippen MR) is 78.0 cm³/mol. The lowest BCUT2D eigenvalue weighted by Gasteiger charge is -2.11. The van der Waals surface area contributed by atoms with Crippen LogP contribution in [-0.2, 0) is 6.61 Å². The van der Waals surface area contributed by atoms with Crippen LogP contribution >= 0.6 is 0 Å². The molecule has 110 valence electrons. The minimum atomic E-state index is -0.977. The molecule has 0 aliphatic rings. The molecule has 0 unspecified atom stereocenters. The molecular formula is C16H17NO4. The number of methoxy groups -OCH3 is 1. The Morgan fingerprint density at radius 3 is 2.67 bits per heavy atom. The summed E-state index contributed by atoms with van der Waals surface area (Å²) in [5.74, 6) is 0.282. The third-order valence-corrected chi connectivity index (χ3v) is 3.03. The van der Waals surface area contributed by atoms with E-state index in [0.717, 1.165) is 22.7 Å². The summed E-state index contributed by atoms with van der Waals surface area (Å²) in [7, 11) is 1.60. The monoisotopic (exact) mass is 287 g/mol. The highest BCUT2D eigenvalue weighted by molar-refractivity contribution is 5.88. The molecule has 1 N–H and O–H groups in total. The maximum atomic E-state index is 11.0. The number of hydrogen-bond donors (Lipinski definition) is 1. The van der Waals surface area contributed by atoms with Crippen molar-refractivity contribution in [1.82, 2.24) is 4.98 Å². The van der Waals surface area contributed by atoms with Crippen LogP contribution in [0.4, 0.5) is 0 Å². The molecule has 5 heteroatoms. The minimum Gasteiger partial charge on any atom is -0.497 e. The number of ether oxygens (including phenoxy) is 2. The fraction of sp³-hybridized carbons (Fsp3) is 0.250. The van der Waals surface area contributed by atoms with Crippen LogP contribution in [0.15, 0.2) is 30.3 Å². The summed E-state index contributed by atoms with van der Waals surface area (Å²) in [6.45, 7) is 4.00. The van der Waals surface area contributed by atoms with Gasteiger partial charge in [-0.15, -0.1) is 0 Å². The Bertz CT molecular complexity index is 667. The van der Waals surface area contributed by atoms with Crippen molar-refractivity contribution in [2.45, 2.75) is 20.5 Å². The molecule has 0 aliphatic heterocycles. The van der Waals surface area contributed by atoms with E-state index in [1.807, 2.05) is 19.9 Å². The minimum absolute atomic E-state index is 0.199. The largest absolute Gasteiger partial charge is 0.497 e. The summed E-state index contributed by atoms with van der Waals surface area (Å²) >= 11 is 0. The van der Waals surface area contributed by atoms with E-state index < -0.39 is 5.97 Å². The Kier molecular flexibility index (Phi) is 4.42. The first-order valence-electron chi connectivity index (χ1n) is 6.48. The molecule has 0 atom stereocenters. The zero-order valence-electron chi connectivity index (χ0n) is 12.2. The number of hydrogen-bond acceptors (Lipinski definition) is 4. The molecule has 0 spiro atoms. The Morgan fingerprint density at radius 2 is 2.00 bits per heavy atom. The van der Waals surface area contributed by atoms with Crippen molar-refractivity contribution in [2.24, 2.45) is 0 Å². The van der Waals surface area contributed by atoms with Crippen LogP contribution in [0.3, 0.4) is 0 Å². The third-order valence-electron chi connectivity index (χ3n) is 3.03. The second-order valence-electron chi connectivity index (χ2n) is 4.71. The van der Waals surface area contributed by atoms with Crippen LogP contribution in [0.2, 0.25) is 0 Å². The first kappa shape index (κ1) is 14.8. The van der Waals surface area contributed by atoms with Gasteiger partial charge in [0.2, 0.25) is 0 Å². The summed E-state index contributed by atoms with van der Waals surface area (Å²) < 4.78 is 10.9. The molecule has 5 nitrogen and oxygen atoms in total. The van der Waals surface area contributed by atoms with E-state index >= 15 is 0 Å². The zero-order chi connectivity index (χ0) is 15.4. The van der Waals surface area contributed by atoms with Crippen molar-refractivity contribution < 1.29 is 19.4 Å². The second-order valence-corrected chi connectivity index (χ2v) is 4.71. The van der Waals surface area contributed by atoms with Gasteiger partial charge < -0.3 is 14.6 Å². The third kappa shape index (κ3) is 3.72. The fourth-order valence-electron chi connectivity index (χ4n) is 1.93. The lowest BCUT2D eigenvalue weighted by atomic mass is 10.1. The Balaban J connectivity index is 2.18. The second kappa shape index (κ2) is 6.26. The van der Waals surface area contributed by atoms with Crippen molar-refractivity contribution in [3.63, 3.8) is 0 Å². The number of aromatic carboxylic acids is 1. The van der Waals surface area contributed by atoms with Gasteiger partial charge in [-0.2, -0.15) is 0 Å². The van der Waals surface area contributed by atoms with Gasteiger partial charge in [-0.05, 0) is 31.5 Å². The van der Waals surface area contributed by atoms with Crippen LogP contribution in [0.1, 0.15) is 27.3 Å². The molecule has 1 aromatic heterocycles. The fourth-order valence-corrected chi connectivity index (χ4v) is 1.93. The van der Waals surface area contributed by atoms with Crippen molar-refractivity contribution in [3.8, 4) is 11.5 Å². The van der Waals surface area contributed by atoms with Gasteiger partial charge in [-0.1, -0.05) is 6.07 Å². The van der Waals surface area contributed by atoms with Crippen molar-refractivity contribution >= 4 is 5.97 Å². The van der Waals surface area contributed by atoms with E-state index in [9.17, 15) is 4.79 Å². The van der Waals surface area contributed by atoms with Crippen molar-refractivity contribution in [3.05, 3.63) is 52.8 Å². The van der Waals surface area contributed by atoms with Crippen LogP contribution in [0.5, 0.6) is 11.5 Å². The van der Waals surface area contributed by atoms with Gasteiger partial charge in [0.1, 0.15) is 18.1 Å². The van der Waals surface area contributed by atoms with E-state index in [1.165, 1.54) is 6.07 Å². The van der Waals surface area contributed by atoms with Crippen LogP contribution < -0.4 is 9.47 Å². The molecule has 0 bridgehead atoms. The maximum Gasteiger partial charge on any atom is 0.335 e. The lowest BCUT2D eigenvalue weighted by molar-refractivity contribution is 0.0696. The molecule has 2 rings (SSSR count). The molecule has 0 radical (unpaired) electrons. The number of nitrogens with zero attached hydrogens (tertiary/aromatic N) is 1. The van der Waals surface area contributed by atoms with Crippen LogP contribution in [-0.4, -0.2) is 23.2 Å². The lowest BCUT2D eigenvalue weighted by Crippen LogP contribution is -2.03. The summed E-state index contributed by atoms with van der Waals surface area (Å²) in [6.07, 6.45) is 0. The van der Waals surface area contributed by atoms with Gasteiger partial charge in [0.25, 0.3) is 0 Å². The molecule has 0 saturated heterocycles. The average Bonchev–Trinajstić information content (AvgIpc) is 2.45. The van der Waals surface area contributed by atoms with E-state index in [0.29, 0.717) is 5.75 Å². The first-order valence-corrected chi connectivity index (χ1v) is 6.48. The molecule has 0 amide bonds. The molecule has 0 saturated carbocycles. The number of carboxylic acid groups (broad SMARTS) is 1. The maximum absolute atomic E-state index is 11.0. The normalized spacial score (nSPS) is 10.2. The van der Waals surface area contributed by atoms with Gasteiger partial charge >= 0.3 is 5.97 Å². The average molecular weight is 287 g/mol. The topological polar surface area (TPSA) is 68.7 Å². The number of aryl methyl sites for hydroxylation is 2. The smallest absolute Gasteiger partial charge is 0.335 e. The molecular weight excluding hydrogens is 270 g/mol. The number of aromatic nitrogens is 1. The summed E-state index contributed by atoms with van der Waals surface area (Å²) in [6, 6.07) is 8.43. The Labute approximate surface area is 123 Å². The number of rotatable bonds is 5. The summed E-state index contributed by atoms with van der Waals surface area (Å²) in [4.78, 5) is 15.3. The highest BCUT2D eigenvalue weighted by atomic mass is 16.5. The van der Waals surface area contributed by atoms with Crippen molar-refractivity contribution in [1.29, 1.82) is 0 Å². The first-order chi connectivity index (χ1) is 9.99. The van der Waals surface area contributed by atoms with E-state index in [4.69, 9.17) is 14.6 Å². The van der Waals surface area contributed by atoms with Gasteiger partial charge in [0.05, 0.1) is 18.4 Å². The SMILES string of the molecule is COc1cc(C)nc(COc2cc(C(=O)O)ccc2C)c1. The van der Waals surface area contributed by atoms with Gasteiger partial charge in [-0.3, -0.25) is 4.98 Å². The quantitative estimate of drug-likeness (QED) is 0.915. The Morgan fingerprint density at radius 1 is 1.24 bits per heavy atom. The highest BCUT2D eigenvalue weighted by Crippen LogP contribution is 2.21. The molecule has 2 aromatic rings. The van der Waals surface area contributed by atoms with Gasteiger partial charge in [0, 0.05) is 17.8 Å². The summed E-state index contributed by atoms with van der Waals surface area (Å²) in [5, 5.41) is 9.01. The van der Waals surface area contributed by atoms with E-state index in [-0.39, 0.29) is 12.2 Å². The highest BCUT2D eigenvalue weighted by Gasteiger charge is 2.08.